The molecule has 1 aliphatic carbocycles. The van der Waals surface area contributed by atoms with E-state index >= 15 is 0 Å². The van der Waals surface area contributed by atoms with Gasteiger partial charge in [-0.2, -0.15) is 0 Å². The van der Waals surface area contributed by atoms with Gasteiger partial charge in [0.25, 0.3) is 0 Å². The Hall–Kier alpha value is -1.44. The highest BCUT2D eigenvalue weighted by molar-refractivity contribution is 5.83. The van der Waals surface area contributed by atoms with E-state index in [0.29, 0.717) is 17.8 Å². The van der Waals surface area contributed by atoms with E-state index < -0.39 is 0 Å². The van der Waals surface area contributed by atoms with Crippen LogP contribution in [0.3, 0.4) is 0 Å². The lowest BCUT2D eigenvalue weighted by molar-refractivity contribution is -0.123. The first-order valence-electron chi connectivity index (χ1n) is 6.36. The fourth-order valence-corrected chi connectivity index (χ4v) is 2.48. The van der Waals surface area contributed by atoms with E-state index in [0.717, 1.165) is 24.7 Å². The van der Waals surface area contributed by atoms with Crippen LogP contribution in [0.1, 0.15) is 48.0 Å². The number of ketones is 1. The Balaban J connectivity index is 1.94. The fourth-order valence-electron chi connectivity index (χ4n) is 2.48. The molecular formula is C15H18O2. The second-order valence-corrected chi connectivity index (χ2v) is 4.84. The first kappa shape index (κ1) is 12.0. The van der Waals surface area contributed by atoms with Crippen LogP contribution in [0.4, 0.5) is 0 Å². The van der Waals surface area contributed by atoms with Crippen LogP contribution in [0.25, 0.3) is 0 Å². The molecule has 0 atom stereocenters. The molecule has 0 spiro atoms. The molecule has 2 nitrogen and oxygen atoms in total. The van der Waals surface area contributed by atoms with Gasteiger partial charge in [-0.3, -0.25) is 9.59 Å². The third kappa shape index (κ3) is 3.26. The Bertz CT molecular complexity index is 386. The SMILES string of the molecule is O=Cc1ccc(CC(=O)C2CCCCC2)cc1. The molecule has 0 unspecified atom stereocenters. The van der Waals surface area contributed by atoms with Crippen molar-refractivity contribution in [3.05, 3.63) is 35.4 Å². The van der Waals surface area contributed by atoms with E-state index in [1.54, 1.807) is 12.1 Å². The largest absolute Gasteiger partial charge is 0.299 e. The van der Waals surface area contributed by atoms with Crippen molar-refractivity contribution in [1.29, 1.82) is 0 Å². The van der Waals surface area contributed by atoms with Crippen molar-refractivity contribution >= 4 is 12.1 Å². The highest BCUT2D eigenvalue weighted by atomic mass is 16.1. The van der Waals surface area contributed by atoms with E-state index in [2.05, 4.69) is 0 Å². The number of carbonyl (C=O) groups is 2. The molecule has 0 amide bonds. The molecular weight excluding hydrogens is 212 g/mol. The average Bonchev–Trinajstić information content (AvgIpc) is 2.40. The zero-order chi connectivity index (χ0) is 12.1. The second-order valence-electron chi connectivity index (χ2n) is 4.84. The van der Waals surface area contributed by atoms with Gasteiger partial charge in [0.1, 0.15) is 12.1 Å². The molecule has 0 heterocycles. The van der Waals surface area contributed by atoms with Crippen molar-refractivity contribution in [3.8, 4) is 0 Å². The van der Waals surface area contributed by atoms with Gasteiger partial charge in [0.05, 0.1) is 0 Å². The normalized spacial score (nSPS) is 16.7. The minimum Gasteiger partial charge on any atom is -0.299 e. The van der Waals surface area contributed by atoms with Crippen molar-refractivity contribution in [1.82, 2.24) is 0 Å². The monoisotopic (exact) mass is 230 g/mol. The first-order chi connectivity index (χ1) is 8.29. The number of rotatable bonds is 4. The Labute approximate surface area is 102 Å². The lowest BCUT2D eigenvalue weighted by Gasteiger charge is -2.20. The smallest absolute Gasteiger partial charge is 0.150 e. The summed E-state index contributed by atoms with van der Waals surface area (Å²) in [6.45, 7) is 0. The van der Waals surface area contributed by atoms with Crippen molar-refractivity contribution in [2.45, 2.75) is 38.5 Å². The summed E-state index contributed by atoms with van der Waals surface area (Å²) in [5.74, 6) is 0.637. The molecule has 90 valence electrons. The third-order valence-corrected chi connectivity index (χ3v) is 3.55. The van der Waals surface area contributed by atoms with E-state index in [9.17, 15) is 9.59 Å². The van der Waals surface area contributed by atoms with Gasteiger partial charge in [0.2, 0.25) is 0 Å². The van der Waals surface area contributed by atoms with Gasteiger partial charge in [-0.15, -0.1) is 0 Å². The summed E-state index contributed by atoms with van der Waals surface area (Å²) < 4.78 is 0. The zero-order valence-corrected chi connectivity index (χ0v) is 10.0. The molecule has 0 radical (unpaired) electrons. The molecule has 2 rings (SSSR count). The van der Waals surface area contributed by atoms with Crippen molar-refractivity contribution in [2.75, 3.05) is 0 Å². The molecule has 1 aliphatic rings. The van der Waals surface area contributed by atoms with E-state index in [1.165, 1.54) is 19.3 Å². The number of benzene rings is 1. The molecule has 0 bridgehead atoms. The van der Waals surface area contributed by atoms with Crippen LogP contribution in [0.2, 0.25) is 0 Å². The number of carbonyl (C=O) groups excluding carboxylic acids is 2. The van der Waals surface area contributed by atoms with Crippen LogP contribution in [-0.2, 0) is 11.2 Å². The standard InChI is InChI=1S/C15H18O2/c16-11-13-8-6-12(7-9-13)10-15(17)14-4-2-1-3-5-14/h6-9,11,14H,1-5,10H2. The summed E-state index contributed by atoms with van der Waals surface area (Å²) in [5.41, 5.74) is 1.69. The second kappa shape index (κ2) is 5.76. The van der Waals surface area contributed by atoms with Crippen LogP contribution in [0.15, 0.2) is 24.3 Å². The Kier molecular flexibility index (Phi) is 4.08. The molecule has 1 fully saturated rings. The molecule has 2 heteroatoms. The Morgan fingerprint density at radius 1 is 1.12 bits per heavy atom. The maximum absolute atomic E-state index is 12.1. The fraction of sp³-hybridized carbons (Fsp3) is 0.467. The van der Waals surface area contributed by atoms with Crippen molar-refractivity contribution in [3.63, 3.8) is 0 Å². The molecule has 1 aromatic carbocycles. The molecule has 17 heavy (non-hydrogen) atoms. The van der Waals surface area contributed by atoms with Gasteiger partial charge >= 0.3 is 0 Å². The lowest BCUT2D eigenvalue weighted by atomic mass is 9.84. The minimum absolute atomic E-state index is 0.273. The van der Waals surface area contributed by atoms with Crippen LogP contribution >= 0.6 is 0 Å². The zero-order valence-electron chi connectivity index (χ0n) is 10.0. The average molecular weight is 230 g/mol. The van der Waals surface area contributed by atoms with Gasteiger partial charge in [-0.1, -0.05) is 43.5 Å². The Morgan fingerprint density at radius 3 is 2.35 bits per heavy atom. The summed E-state index contributed by atoms with van der Waals surface area (Å²) in [6.07, 6.45) is 7.13. The molecule has 0 aliphatic heterocycles. The predicted octanol–water partition coefficient (Wildman–Crippen LogP) is 3.19. The van der Waals surface area contributed by atoms with E-state index in [-0.39, 0.29) is 5.92 Å². The summed E-state index contributed by atoms with van der Waals surface area (Å²) in [5, 5.41) is 0. The predicted molar refractivity (Wildman–Crippen MR) is 67.1 cm³/mol. The van der Waals surface area contributed by atoms with Crippen molar-refractivity contribution in [2.24, 2.45) is 5.92 Å². The molecule has 0 aromatic heterocycles. The van der Waals surface area contributed by atoms with Crippen molar-refractivity contribution < 1.29 is 9.59 Å². The topological polar surface area (TPSA) is 34.1 Å². The highest BCUT2D eigenvalue weighted by Gasteiger charge is 2.20. The van der Waals surface area contributed by atoms with E-state index in [1.807, 2.05) is 12.1 Å². The molecule has 0 saturated heterocycles. The minimum atomic E-state index is 0.273. The van der Waals surface area contributed by atoms with Gasteiger partial charge in [-0.25, -0.2) is 0 Å². The van der Waals surface area contributed by atoms with Crippen LogP contribution < -0.4 is 0 Å². The number of hydrogen-bond donors (Lipinski definition) is 0. The molecule has 1 aromatic rings. The van der Waals surface area contributed by atoms with Gasteiger partial charge in [-0.05, 0) is 18.4 Å². The maximum Gasteiger partial charge on any atom is 0.150 e. The van der Waals surface area contributed by atoms with Gasteiger partial charge in [0, 0.05) is 17.9 Å². The first-order valence-corrected chi connectivity index (χ1v) is 6.36. The van der Waals surface area contributed by atoms with Crippen LogP contribution in [-0.4, -0.2) is 12.1 Å². The van der Waals surface area contributed by atoms with Gasteiger partial charge in [0.15, 0.2) is 0 Å². The molecule has 0 N–H and O–H groups in total. The summed E-state index contributed by atoms with van der Waals surface area (Å²) in [6, 6.07) is 7.31. The summed E-state index contributed by atoms with van der Waals surface area (Å²) in [7, 11) is 0. The maximum atomic E-state index is 12.1. The van der Waals surface area contributed by atoms with Gasteiger partial charge < -0.3 is 0 Å². The van der Waals surface area contributed by atoms with Crippen LogP contribution in [0, 0.1) is 5.92 Å². The Morgan fingerprint density at radius 2 is 1.76 bits per heavy atom. The quantitative estimate of drug-likeness (QED) is 0.744. The van der Waals surface area contributed by atoms with Crippen LogP contribution in [0.5, 0.6) is 0 Å². The van der Waals surface area contributed by atoms with E-state index in [4.69, 9.17) is 0 Å². The number of aldehydes is 1. The number of hydrogen-bond acceptors (Lipinski definition) is 2. The third-order valence-electron chi connectivity index (χ3n) is 3.55. The summed E-state index contributed by atoms with van der Waals surface area (Å²) in [4.78, 5) is 22.6. The summed E-state index contributed by atoms with van der Waals surface area (Å²) >= 11 is 0. The lowest BCUT2D eigenvalue weighted by Crippen LogP contribution is -2.19. The molecule has 1 saturated carbocycles. The highest BCUT2D eigenvalue weighted by Crippen LogP contribution is 2.25. The number of Topliss-reactive ketones (excluding diaryl/α,β-unsaturated/α-hetero) is 1.